The van der Waals surface area contributed by atoms with E-state index in [-0.39, 0.29) is 0 Å². The first kappa shape index (κ1) is 13.6. The lowest BCUT2D eigenvalue weighted by Crippen LogP contribution is -2.21. The normalized spacial score (nSPS) is 22.9. The van der Waals surface area contributed by atoms with E-state index in [1.165, 1.54) is 18.2 Å². The summed E-state index contributed by atoms with van der Waals surface area (Å²) in [5, 5.41) is 14.8. The second kappa shape index (κ2) is 5.96. The Morgan fingerprint density at radius 3 is 2.55 bits per heavy atom. The lowest BCUT2D eigenvalue weighted by atomic mass is 9.89. The van der Waals surface area contributed by atoms with Gasteiger partial charge in [-0.05, 0) is 38.5 Å². The van der Waals surface area contributed by atoms with Gasteiger partial charge in [0, 0.05) is 22.7 Å². The van der Waals surface area contributed by atoms with E-state index in [9.17, 15) is 0 Å². The van der Waals surface area contributed by atoms with Crippen LogP contribution in [-0.4, -0.2) is 22.1 Å². The maximum atomic E-state index is 6.15. The van der Waals surface area contributed by atoms with Crippen LogP contribution in [0.1, 0.15) is 31.4 Å². The molecule has 1 aromatic heterocycles. The minimum atomic E-state index is 0.381. The van der Waals surface area contributed by atoms with Crippen molar-refractivity contribution in [2.75, 3.05) is 11.9 Å². The Hall–Kier alpha value is -1.35. The summed E-state index contributed by atoms with van der Waals surface area (Å²) in [6, 6.07) is 8.30. The van der Waals surface area contributed by atoms with Crippen molar-refractivity contribution in [2.24, 2.45) is 5.92 Å². The predicted molar refractivity (Wildman–Crippen MR) is 84.4 cm³/mol. The molecule has 1 aliphatic carbocycles. The largest absolute Gasteiger partial charge is 0.368 e. The number of rotatable bonds is 3. The Bertz CT molecular complexity index is 591. The average molecular weight is 290 g/mol. The van der Waals surface area contributed by atoms with Gasteiger partial charge in [-0.1, -0.05) is 24.3 Å². The van der Waals surface area contributed by atoms with Gasteiger partial charge in [0.15, 0.2) is 5.82 Å². The van der Waals surface area contributed by atoms with E-state index < -0.39 is 0 Å². The highest BCUT2D eigenvalue weighted by molar-refractivity contribution is 6.20. The van der Waals surface area contributed by atoms with Crippen LogP contribution >= 0.6 is 11.6 Å². The van der Waals surface area contributed by atoms with Gasteiger partial charge in [-0.15, -0.1) is 16.7 Å². The van der Waals surface area contributed by atoms with Gasteiger partial charge in [0.05, 0.1) is 5.69 Å². The molecule has 1 aliphatic rings. The molecular formula is C16H20ClN3. The molecule has 20 heavy (non-hydrogen) atoms. The van der Waals surface area contributed by atoms with Crippen LogP contribution in [0.15, 0.2) is 24.3 Å². The van der Waals surface area contributed by atoms with Crippen molar-refractivity contribution in [3.63, 3.8) is 0 Å². The monoisotopic (exact) mass is 289 g/mol. The molecule has 2 aromatic rings. The molecule has 0 atom stereocenters. The molecular weight excluding hydrogens is 270 g/mol. The van der Waals surface area contributed by atoms with Crippen LogP contribution in [0.4, 0.5) is 5.82 Å². The molecule has 0 amide bonds. The van der Waals surface area contributed by atoms with Crippen molar-refractivity contribution in [3.05, 3.63) is 30.0 Å². The molecule has 0 spiro atoms. The highest BCUT2D eigenvalue weighted by Gasteiger charge is 2.19. The lowest BCUT2D eigenvalue weighted by molar-refractivity contribution is 0.377. The molecule has 1 N–H and O–H groups in total. The molecule has 1 fully saturated rings. The van der Waals surface area contributed by atoms with Crippen molar-refractivity contribution < 1.29 is 0 Å². The SMILES string of the molecule is Cc1nnc(NCC2CCC(Cl)CC2)c2ccccc12. The van der Waals surface area contributed by atoms with E-state index >= 15 is 0 Å². The second-order valence-electron chi connectivity index (χ2n) is 5.68. The summed E-state index contributed by atoms with van der Waals surface area (Å²) in [5.74, 6) is 1.60. The maximum absolute atomic E-state index is 6.15. The predicted octanol–water partition coefficient (Wildman–Crippen LogP) is 4.15. The van der Waals surface area contributed by atoms with Crippen molar-refractivity contribution in [2.45, 2.75) is 38.0 Å². The van der Waals surface area contributed by atoms with Gasteiger partial charge in [0.1, 0.15) is 0 Å². The molecule has 1 saturated carbocycles. The Morgan fingerprint density at radius 1 is 1.10 bits per heavy atom. The molecule has 1 heterocycles. The number of aromatic nitrogens is 2. The van der Waals surface area contributed by atoms with Gasteiger partial charge < -0.3 is 5.32 Å². The lowest BCUT2D eigenvalue weighted by Gasteiger charge is -2.25. The summed E-state index contributed by atoms with van der Waals surface area (Å²) in [6.07, 6.45) is 4.68. The molecule has 0 aliphatic heterocycles. The Kier molecular flexibility index (Phi) is 4.06. The van der Waals surface area contributed by atoms with Gasteiger partial charge in [-0.3, -0.25) is 0 Å². The Labute approximate surface area is 124 Å². The first-order valence-corrected chi connectivity index (χ1v) is 7.77. The maximum Gasteiger partial charge on any atom is 0.156 e. The van der Waals surface area contributed by atoms with Crippen LogP contribution in [0.2, 0.25) is 0 Å². The summed E-state index contributed by atoms with van der Waals surface area (Å²) in [7, 11) is 0. The number of benzene rings is 1. The summed E-state index contributed by atoms with van der Waals surface area (Å²) >= 11 is 6.15. The summed E-state index contributed by atoms with van der Waals surface area (Å²) in [5.41, 5.74) is 0.980. The highest BCUT2D eigenvalue weighted by Crippen LogP contribution is 2.28. The Morgan fingerprint density at radius 2 is 1.80 bits per heavy atom. The van der Waals surface area contributed by atoms with Crippen molar-refractivity contribution >= 4 is 28.2 Å². The number of nitrogens with one attached hydrogen (secondary N) is 1. The van der Waals surface area contributed by atoms with Gasteiger partial charge >= 0.3 is 0 Å². The zero-order chi connectivity index (χ0) is 13.9. The number of halogens is 1. The highest BCUT2D eigenvalue weighted by atomic mass is 35.5. The van der Waals surface area contributed by atoms with Gasteiger partial charge in [-0.25, -0.2) is 0 Å². The fourth-order valence-electron chi connectivity index (χ4n) is 2.94. The first-order valence-electron chi connectivity index (χ1n) is 7.34. The van der Waals surface area contributed by atoms with E-state index in [2.05, 4.69) is 27.6 Å². The summed E-state index contributed by atoms with van der Waals surface area (Å²) in [6.45, 7) is 2.96. The molecule has 0 unspecified atom stereocenters. The minimum absolute atomic E-state index is 0.381. The number of hydrogen-bond donors (Lipinski definition) is 1. The van der Waals surface area contributed by atoms with E-state index in [4.69, 9.17) is 11.6 Å². The van der Waals surface area contributed by atoms with Crippen LogP contribution in [-0.2, 0) is 0 Å². The third-order valence-electron chi connectivity index (χ3n) is 4.21. The molecule has 0 saturated heterocycles. The van der Waals surface area contributed by atoms with Crippen LogP contribution in [0.3, 0.4) is 0 Å². The Balaban J connectivity index is 1.73. The van der Waals surface area contributed by atoms with E-state index in [1.54, 1.807) is 0 Å². The summed E-state index contributed by atoms with van der Waals surface area (Å²) in [4.78, 5) is 0. The van der Waals surface area contributed by atoms with Crippen LogP contribution in [0.25, 0.3) is 10.8 Å². The molecule has 3 rings (SSSR count). The molecule has 4 heteroatoms. The third kappa shape index (κ3) is 2.88. The number of anilines is 1. The third-order valence-corrected chi connectivity index (χ3v) is 4.64. The van der Waals surface area contributed by atoms with Gasteiger partial charge in [0.2, 0.25) is 0 Å². The van der Waals surface area contributed by atoms with Crippen molar-refractivity contribution in [3.8, 4) is 0 Å². The van der Waals surface area contributed by atoms with Gasteiger partial charge in [0.25, 0.3) is 0 Å². The topological polar surface area (TPSA) is 37.8 Å². The molecule has 3 nitrogen and oxygen atoms in total. The fraction of sp³-hybridized carbons (Fsp3) is 0.500. The second-order valence-corrected chi connectivity index (χ2v) is 6.30. The van der Waals surface area contributed by atoms with Crippen LogP contribution in [0.5, 0.6) is 0 Å². The van der Waals surface area contributed by atoms with E-state index in [0.29, 0.717) is 11.3 Å². The first-order chi connectivity index (χ1) is 9.74. The average Bonchev–Trinajstić information content (AvgIpc) is 2.49. The zero-order valence-corrected chi connectivity index (χ0v) is 12.5. The minimum Gasteiger partial charge on any atom is -0.368 e. The summed E-state index contributed by atoms with van der Waals surface area (Å²) < 4.78 is 0. The number of aryl methyl sites for hydroxylation is 1. The smallest absolute Gasteiger partial charge is 0.156 e. The standard InChI is InChI=1S/C16H20ClN3/c1-11-14-4-2-3-5-15(14)16(20-19-11)18-10-12-6-8-13(17)9-7-12/h2-5,12-13H,6-10H2,1H3,(H,18,20). The molecule has 1 aromatic carbocycles. The molecule has 0 radical (unpaired) electrons. The van der Waals surface area contributed by atoms with Gasteiger partial charge in [-0.2, -0.15) is 5.10 Å². The molecule has 0 bridgehead atoms. The number of fused-ring (bicyclic) bond motifs is 1. The number of alkyl halides is 1. The number of hydrogen-bond acceptors (Lipinski definition) is 3. The van der Waals surface area contributed by atoms with Crippen molar-refractivity contribution in [1.82, 2.24) is 10.2 Å². The fourth-order valence-corrected chi connectivity index (χ4v) is 3.19. The quantitative estimate of drug-likeness (QED) is 0.863. The van der Waals surface area contributed by atoms with Crippen molar-refractivity contribution in [1.29, 1.82) is 0 Å². The van der Waals surface area contributed by atoms with Crippen LogP contribution in [0, 0.1) is 12.8 Å². The van der Waals surface area contributed by atoms with Crippen LogP contribution < -0.4 is 5.32 Å². The molecule has 106 valence electrons. The zero-order valence-electron chi connectivity index (χ0n) is 11.8. The number of nitrogens with zero attached hydrogens (tertiary/aromatic N) is 2. The van der Waals surface area contributed by atoms with E-state index in [0.717, 1.165) is 36.3 Å². The van der Waals surface area contributed by atoms with E-state index in [1.807, 2.05) is 19.1 Å².